The molecule has 104 valence electrons. The molecule has 20 heavy (non-hydrogen) atoms. The number of nitrogens with zero attached hydrogens (tertiary/aromatic N) is 1. The van der Waals surface area contributed by atoms with Gasteiger partial charge >= 0.3 is 5.69 Å². The van der Waals surface area contributed by atoms with Crippen LogP contribution < -0.4 is 10.5 Å². The van der Waals surface area contributed by atoms with Gasteiger partial charge in [-0.3, -0.25) is 10.1 Å². The summed E-state index contributed by atoms with van der Waals surface area (Å²) >= 11 is 3.26. The third-order valence-electron chi connectivity index (χ3n) is 2.59. The number of nitro benzene ring substituents is 1. The van der Waals surface area contributed by atoms with Crippen LogP contribution in [0.3, 0.4) is 0 Å². The van der Waals surface area contributed by atoms with Gasteiger partial charge in [0.2, 0.25) is 5.75 Å². The van der Waals surface area contributed by atoms with Crippen LogP contribution in [0.1, 0.15) is 5.56 Å². The Kier molecular flexibility index (Phi) is 4.31. The Labute approximate surface area is 122 Å². The molecule has 0 atom stereocenters. The molecule has 7 heteroatoms. The molecule has 2 aromatic carbocycles. The van der Waals surface area contributed by atoms with Crippen molar-refractivity contribution in [3.8, 4) is 11.5 Å². The van der Waals surface area contributed by atoms with Crippen LogP contribution in [0.15, 0.2) is 40.9 Å². The van der Waals surface area contributed by atoms with Crippen LogP contribution >= 0.6 is 15.9 Å². The molecule has 0 aliphatic carbocycles. The smallest absolute Gasteiger partial charge is 0.314 e. The fourth-order valence-electron chi connectivity index (χ4n) is 1.61. The molecule has 0 bridgehead atoms. The Morgan fingerprint density at radius 2 is 2.10 bits per heavy atom. The molecule has 0 spiro atoms. The summed E-state index contributed by atoms with van der Waals surface area (Å²) in [6.07, 6.45) is 0. The van der Waals surface area contributed by atoms with E-state index in [1.54, 1.807) is 18.2 Å². The SMILES string of the molecule is NCc1ccc(Oc2c(F)cccc2[N+](=O)[O-])c(Br)c1. The van der Waals surface area contributed by atoms with Crippen LogP contribution in [0.25, 0.3) is 0 Å². The molecule has 0 amide bonds. The van der Waals surface area contributed by atoms with E-state index in [-0.39, 0.29) is 5.75 Å². The van der Waals surface area contributed by atoms with Crippen LogP contribution in [-0.2, 0) is 6.54 Å². The highest BCUT2D eigenvalue weighted by molar-refractivity contribution is 9.10. The summed E-state index contributed by atoms with van der Waals surface area (Å²) in [5.41, 5.74) is 5.92. The third-order valence-corrected chi connectivity index (χ3v) is 3.21. The molecule has 0 unspecified atom stereocenters. The number of nitrogens with two attached hydrogens (primary N) is 1. The van der Waals surface area contributed by atoms with E-state index in [0.29, 0.717) is 11.0 Å². The summed E-state index contributed by atoms with van der Waals surface area (Å²) in [6, 6.07) is 8.52. The van der Waals surface area contributed by atoms with Crippen LogP contribution in [0.4, 0.5) is 10.1 Å². The van der Waals surface area contributed by atoms with Crippen molar-refractivity contribution in [2.24, 2.45) is 5.73 Å². The molecule has 0 radical (unpaired) electrons. The second-order valence-electron chi connectivity index (χ2n) is 3.92. The Morgan fingerprint density at radius 1 is 1.35 bits per heavy atom. The Bertz CT molecular complexity index is 664. The zero-order valence-electron chi connectivity index (χ0n) is 10.2. The maximum Gasteiger partial charge on any atom is 0.314 e. The first-order chi connectivity index (χ1) is 9.52. The van der Waals surface area contributed by atoms with Gasteiger partial charge in [0.05, 0.1) is 9.40 Å². The first-order valence-corrected chi connectivity index (χ1v) is 6.41. The molecular formula is C13H10BrFN2O3. The molecular weight excluding hydrogens is 331 g/mol. The zero-order valence-corrected chi connectivity index (χ0v) is 11.8. The predicted molar refractivity (Wildman–Crippen MR) is 75.2 cm³/mol. The van der Waals surface area contributed by atoms with Crippen LogP contribution in [0, 0.1) is 15.9 Å². The second kappa shape index (κ2) is 5.98. The van der Waals surface area contributed by atoms with Crippen molar-refractivity contribution in [3.63, 3.8) is 0 Å². The summed E-state index contributed by atoms with van der Waals surface area (Å²) in [6.45, 7) is 0.346. The Balaban J connectivity index is 2.42. The van der Waals surface area contributed by atoms with Gasteiger partial charge in [-0.1, -0.05) is 12.1 Å². The molecule has 0 aliphatic rings. The lowest BCUT2D eigenvalue weighted by Gasteiger charge is -2.09. The van der Waals surface area contributed by atoms with Crippen molar-refractivity contribution >= 4 is 21.6 Å². The number of benzene rings is 2. The van der Waals surface area contributed by atoms with Crippen LogP contribution in [-0.4, -0.2) is 4.92 Å². The van der Waals surface area contributed by atoms with E-state index in [2.05, 4.69) is 15.9 Å². The first kappa shape index (κ1) is 14.4. The van der Waals surface area contributed by atoms with Crippen molar-refractivity contribution in [3.05, 3.63) is 62.4 Å². The molecule has 0 saturated carbocycles. The summed E-state index contributed by atoms with van der Waals surface area (Å²) in [4.78, 5) is 10.2. The number of para-hydroxylation sites is 1. The van der Waals surface area contributed by atoms with Crippen molar-refractivity contribution in [2.45, 2.75) is 6.54 Å². The quantitative estimate of drug-likeness (QED) is 0.679. The summed E-state index contributed by atoms with van der Waals surface area (Å²) in [7, 11) is 0. The van der Waals surface area contributed by atoms with Gasteiger partial charge in [0.1, 0.15) is 5.75 Å². The van der Waals surface area contributed by atoms with E-state index in [4.69, 9.17) is 10.5 Å². The number of halogens is 2. The number of hydrogen-bond donors (Lipinski definition) is 1. The number of rotatable bonds is 4. The van der Waals surface area contributed by atoms with E-state index < -0.39 is 22.2 Å². The summed E-state index contributed by atoms with van der Waals surface area (Å²) < 4.78 is 19.6. The molecule has 2 rings (SSSR count). The number of nitro groups is 1. The average molecular weight is 341 g/mol. The van der Waals surface area contributed by atoms with E-state index in [1.807, 2.05) is 0 Å². The van der Waals surface area contributed by atoms with E-state index >= 15 is 0 Å². The van der Waals surface area contributed by atoms with E-state index in [0.717, 1.165) is 11.6 Å². The van der Waals surface area contributed by atoms with Gasteiger partial charge in [0, 0.05) is 12.6 Å². The van der Waals surface area contributed by atoms with Gasteiger partial charge in [-0.15, -0.1) is 0 Å². The Morgan fingerprint density at radius 3 is 2.70 bits per heavy atom. The molecule has 2 aromatic rings. The maximum atomic E-state index is 13.7. The molecule has 0 fully saturated rings. The second-order valence-corrected chi connectivity index (χ2v) is 4.77. The largest absolute Gasteiger partial charge is 0.446 e. The van der Waals surface area contributed by atoms with Crippen LogP contribution in [0.2, 0.25) is 0 Å². The Hall–Kier alpha value is -1.99. The monoisotopic (exact) mass is 340 g/mol. The highest BCUT2D eigenvalue weighted by atomic mass is 79.9. The van der Waals surface area contributed by atoms with Crippen molar-refractivity contribution in [1.29, 1.82) is 0 Å². The lowest BCUT2D eigenvalue weighted by Crippen LogP contribution is -1.98. The third kappa shape index (κ3) is 2.94. The number of hydrogen-bond acceptors (Lipinski definition) is 4. The minimum atomic E-state index is -0.797. The summed E-state index contributed by atoms with van der Waals surface area (Å²) in [5, 5.41) is 10.9. The lowest BCUT2D eigenvalue weighted by atomic mass is 10.2. The average Bonchev–Trinajstić information content (AvgIpc) is 2.42. The molecule has 0 saturated heterocycles. The van der Waals surface area contributed by atoms with E-state index in [1.165, 1.54) is 12.1 Å². The molecule has 0 heterocycles. The fraction of sp³-hybridized carbons (Fsp3) is 0.0769. The number of ether oxygens (including phenoxy) is 1. The van der Waals surface area contributed by atoms with Gasteiger partial charge in [-0.2, -0.15) is 0 Å². The molecule has 0 aliphatic heterocycles. The van der Waals surface area contributed by atoms with E-state index in [9.17, 15) is 14.5 Å². The first-order valence-electron chi connectivity index (χ1n) is 5.62. The normalized spacial score (nSPS) is 10.3. The zero-order chi connectivity index (χ0) is 14.7. The van der Waals surface area contributed by atoms with Gasteiger partial charge in [-0.25, -0.2) is 4.39 Å². The van der Waals surface area contributed by atoms with Crippen molar-refractivity contribution in [2.75, 3.05) is 0 Å². The fourth-order valence-corrected chi connectivity index (χ4v) is 2.11. The molecule has 5 nitrogen and oxygen atoms in total. The maximum absolute atomic E-state index is 13.7. The van der Waals surface area contributed by atoms with Gasteiger partial charge in [0.15, 0.2) is 5.82 Å². The van der Waals surface area contributed by atoms with Gasteiger partial charge < -0.3 is 10.5 Å². The predicted octanol–water partition coefficient (Wildman–Crippen LogP) is 3.75. The summed E-state index contributed by atoms with van der Waals surface area (Å²) in [5.74, 6) is -0.942. The minimum absolute atomic E-state index is 0.274. The van der Waals surface area contributed by atoms with Gasteiger partial charge in [-0.05, 0) is 39.7 Å². The minimum Gasteiger partial charge on any atom is -0.446 e. The standard InChI is InChI=1S/C13H10BrFN2O3/c14-9-6-8(7-16)4-5-12(9)20-13-10(15)2-1-3-11(13)17(18)19/h1-6H,7,16H2. The molecule has 0 aromatic heterocycles. The highest BCUT2D eigenvalue weighted by Crippen LogP contribution is 2.37. The topological polar surface area (TPSA) is 78.4 Å². The highest BCUT2D eigenvalue weighted by Gasteiger charge is 2.20. The molecule has 2 N–H and O–H groups in total. The van der Waals surface area contributed by atoms with Gasteiger partial charge in [0.25, 0.3) is 0 Å². The van der Waals surface area contributed by atoms with Crippen molar-refractivity contribution in [1.82, 2.24) is 0 Å². The van der Waals surface area contributed by atoms with Crippen molar-refractivity contribution < 1.29 is 14.1 Å². The van der Waals surface area contributed by atoms with Crippen LogP contribution in [0.5, 0.6) is 11.5 Å². The lowest BCUT2D eigenvalue weighted by molar-refractivity contribution is -0.385.